The first-order valence-corrected chi connectivity index (χ1v) is 7.58. The minimum Gasteiger partial charge on any atom is -0.363 e. The van der Waals surface area contributed by atoms with Crippen LogP contribution in [0.4, 0.5) is 0 Å². The first kappa shape index (κ1) is 14.2. The number of hydrogen-bond donors (Lipinski definition) is 1. The number of carbonyl (C=O) groups is 1. The molecule has 1 N–H and O–H groups in total. The molecule has 0 aliphatic carbocycles. The molecule has 0 radical (unpaired) electrons. The van der Waals surface area contributed by atoms with Crippen LogP contribution in [0.25, 0.3) is 0 Å². The third-order valence-corrected chi connectivity index (χ3v) is 4.68. The lowest BCUT2D eigenvalue weighted by Crippen LogP contribution is -2.34. The number of likely N-dealkylation sites (tertiary alicyclic amines) is 1. The standard InChI is InChI=1S/C15H19ClN4O/c1-10-15(16)11(2)20(18-10)9-14(21)19-8-4-6-13(19)12-5-3-7-17-12/h3,5,7,13,17H,4,6,8-9H2,1-2H3/t13-/m1/s1. The van der Waals surface area contributed by atoms with Crippen LogP contribution < -0.4 is 0 Å². The van der Waals surface area contributed by atoms with Crippen molar-refractivity contribution in [2.45, 2.75) is 39.3 Å². The molecule has 0 bridgehead atoms. The van der Waals surface area contributed by atoms with Gasteiger partial charge < -0.3 is 9.88 Å². The van der Waals surface area contributed by atoms with Crippen molar-refractivity contribution in [1.29, 1.82) is 0 Å². The Morgan fingerprint density at radius 2 is 2.33 bits per heavy atom. The van der Waals surface area contributed by atoms with Gasteiger partial charge in [-0.05, 0) is 38.8 Å². The van der Waals surface area contributed by atoms with Gasteiger partial charge in [0.15, 0.2) is 0 Å². The van der Waals surface area contributed by atoms with Crippen LogP contribution in [0.5, 0.6) is 0 Å². The average Bonchev–Trinajstić information content (AvgIpc) is 3.17. The minimum atomic E-state index is 0.0920. The summed E-state index contributed by atoms with van der Waals surface area (Å²) in [6, 6.07) is 4.16. The number of halogens is 1. The molecule has 1 aliphatic rings. The van der Waals surface area contributed by atoms with Gasteiger partial charge in [-0.25, -0.2) is 0 Å². The van der Waals surface area contributed by atoms with Crippen LogP contribution in [0.15, 0.2) is 18.3 Å². The molecule has 3 rings (SSSR count). The number of amides is 1. The molecule has 1 aliphatic heterocycles. The van der Waals surface area contributed by atoms with Crippen molar-refractivity contribution in [3.8, 4) is 0 Å². The molecule has 2 aromatic heterocycles. The van der Waals surface area contributed by atoms with Crippen LogP contribution in [-0.4, -0.2) is 32.1 Å². The van der Waals surface area contributed by atoms with Gasteiger partial charge in [0, 0.05) is 18.4 Å². The van der Waals surface area contributed by atoms with Gasteiger partial charge >= 0.3 is 0 Å². The Morgan fingerprint density at radius 1 is 1.52 bits per heavy atom. The summed E-state index contributed by atoms with van der Waals surface area (Å²) in [5.74, 6) is 0.0920. The van der Waals surface area contributed by atoms with Crippen molar-refractivity contribution in [1.82, 2.24) is 19.7 Å². The largest absolute Gasteiger partial charge is 0.363 e. The van der Waals surface area contributed by atoms with Crippen LogP contribution >= 0.6 is 11.6 Å². The van der Waals surface area contributed by atoms with E-state index in [-0.39, 0.29) is 18.5 Å². The van der Waals surface area contributed by atoms with Gasteiger partial charge in [-0.15, -0.1) is 0 Å². The topological polar surface area (TPSA) is 53.9 Å². The Balaban J connectivity index is 1.77. The summed E-state index contributed by atoms with van der Waals surface area (Å²) < 4.78 is 1.70. The van der Waals surface area contributed by atoms with E-state index >= 15 is 0 Å². The number of aromatic amines is 1. The molecule has 0 aromatic carbocycles. The summed E-state index contributed by atoms with van der Waals surface area (Å²) >= 11 is 6.14. The molecule has 0 unspecified atom stereocenters. The number of H-pyrrole nitrogens is 1. The lowest BCUT2D eigenvalue weighted by molar-refractivity contribution is -0.133. The number of aromatic nitrogens is 3. The number of nitrogens with one attached hydrogen (secondary N) is 1. The zero-order chi connectivity index (χ0) is 15.0. The van der Waals surface area contributed by atoms with E-state index < -0.39 is 0 Å². The molecule has 1 fully saturated rings. The monoisotopic (exact) mass is 306 g/mol. The Kier molecular flexibility index (Phi) is 3.76. The van der Waals surface area contributed by atoms with Crippen LogP contribution in [0, 0.1) is 13.8 Å². The van der Waals surface area contributed by atoms with E-state index in [0.717, 1.165) is 36.5 Å². The maximum Gasteiger partial charge on any atom is 0.244 e. The van der Waals surface area contributed by atoms with E-state index in [9.17, 15) is 4.79 Å². The summed E-state index contributed by atoms with van der Waals surface area (Å²) in [6.45, 7) is 4.79. The summed E-state index contributed by atoms with van der Waals surface area (Å²) in [4.78, 5) is 17.8. The normalized spacial score (nSPS) is 18.4. The minimum absolute atomic E-state index is 0.0920. The maximum atomic E-state index is 12.6. The molecule has 0 saturated carbocycles. The molecule has 112 valence electrons. The van der Waals surface area contributed by atoms with Gasteiger partial charge in [-0.3, -0.25) is 9.48 Å². The molecule has 6 heteroatoms. The third-order valence-electron chi connectivity index (χ3n) is 4.13. The summed E-state index contributed by atoms with van der Waals surface area (Å²) in [7, 11) is 0. The van der Waals surface area contributed by atoms with E-state index in [1.807, 2.05) is 37.1 Å². The highest BCUT2D eigenvalue weighted by atomic mass is 35.5. The SMILES string of the molecule is Cc1nn(CC(=O)N2CCC[C@@H]2c2ccc[nH]2)c(C)c1Cl. The molecule has 21 heavy (non-hydrogen) atoms. The summed E-state index contributed by atoms with van der Waals surface area (Å²) in [5, 5.41) is 4.98. The van der Waals surface area contributed by atoms with Crippen molar-refractivity contribution in [2.75, 3.05) is 6.54 Å². The van der Waals surface area contributed by atoms with Crippen molar-refractivity contribution in [2.24, 2.45) is 0 Å². The Labute approximate surface area is 128 Å². The average molecular weight is 307 g/mol. The van der Waals surface area contributed by atoms with Crippen molar-refractivity contribution >= 4 is 17.5 Å². The first-order valence-electron chi connectivity index (χ1n) is 7.20. The van der Waals surface area contributed by atoms with Gasteiger partial charge in [0.05, 0.1) is 22.5 Å². The number of hydrogen-bond acceptors (Lipinski definition) is 2. The van der Waals surface area contributed by atoms with E-state index in [1.54, 1.807) is 4.68 Å². The number of rotatable bonds is 3. The molecule has 5 nitrogen and oxygen atoms in total. The highest BCUT2D eigenvalue weighted by molar-refractivity contribution is 6.31. The van der Waals surface area contributed by atoms with E-state index in [4.69, 9.17) is 11.6 Å². The van der Waals surface area contributed by atoms with E-state index in [0.29, 0.717) is 5.02 Å². The molecular formula is C15H19ClN4O. The third kappa shape index (κ3) is 2.58. The zero-order valence-corrected chi connectivity index (χ0v) is 13.0. The molecule has 3 heterocycles. The molecular weight excluding hydrogens is 288 g/mol. The highest BCUT2D eigenvalue weighted by Gasteiger charge is 2.30. The second-order valence-corrected chi connectivity index (χ2v) is 5.89. The Hall–Kier alpha value is -1.75. The van der Waals surface area contributed by atoms with Gasteiger partial charge in [-0.1, -0.05) is 11.6 Å². The summed E-state index contributed by atoms with van der Waals surface area (Å²) in [6.07, 6.45) is 3.94. The molecule has 2 aromatic rings. The smallest absolute Gasteiger partial charge is 0.244 e. The lowest BCUT2D eigenvalue weighted by Gasteiger charge is -2.24. The Morgan fingerprint density at radius 3 is 2.95 bits per heavy atom. The predicted molar refractivity (Wildman–Crippen MR) is 81.2 cm³/mol. The van der Waals surface area contributed by atoms with Crippen LogP contribution in [0.3, 0.4) is 0 Å². The van der Waals surface area contributed by atoms with Crippen molar-refractivity contribution < 1.29 is 4.79 Å². The second kappa shape index (κ2) is 5.56. The number of carbonyl (C=O) groups excluding carboxylic acids is 1. The zero-order valence-electron chi connectivity index (χ0n) is 12.3. The fourth-order valence-electron chi connectivity index (χ4n) is 2.99. The first-order chi connectivity index (χ1) is 10.1. The molecule has 1 amide bonds. The number of aryl methyl sites for hydroxylation is 1. The molecule has 1 saturated heterocycles. The van der Waals surface area contributed by atoms with Gasteiger partial charge in [0.25, 0.3) is 0 Å². The molecule has 0 spiro atoms. The van der Waals surface area contributed by atoms with E-state index in [1.165, 1.54) is 0 Å². The van der Waals surface area contributed by atoms with E-state index in [2.05, 4.69) is 10.1 Å². The van der Waals surface area contributed by atoms with Gasteiger partial charge in [0.2, 0.25) is 5.91 Å². The Bertz CT molecular complexity index is 647. The van der Waals surface area contributed by atoms with Gasteiger partial charge in [0.1, 0.15) is 6.54 Å². The maximum absolute atomic E-state index is 12.6. The van der Waals surface area contributed by atoms with Gasteiger partial charge in [-0.2, -0.15) is 5.10 Å². The summed E-state index contributed by atoms with van der Waals surface area (Å²) in [5.41, 5.74) is 2.72. The quantitative estimate of drug-likeness (QED) is 0.948. The second-order valence-electron chi connectivity index (χ2n) is 5.51. The lowest BCUT2D eigenvalue weighted by atomic mass is 10.1. The fraction of sp³-hybridized carbons (Fsp3) is 0.467. The van der Waals surface area contributed by atoms with Crippen LogP contribution in [0.1, 0.15) is 36.0 Å². The van der Waals surface area contributed by atoms with Crippen LogP contribution in [0.2, 0.25) is 5.02 Å². The van der Waals surface area contributed by atoms with Crippen molar-refractivity contribution in [3.63, 3.8) is 0 Å². The van der Waals surface area contributed by atoms with Crippen LogP contribution in [-0.2, 0) is 11.3 Å². The van der Waals surface area contributed by atoms with Crippen molar-refractivity contribution in [3.05, 3.63) is 40.4 Å². The number of nitrogens with zero attached hydrogens (tertiary/aromatic N) is 3. The highest BCUT2D eigenvalue weighted by Crippen LogP contribution is 2.31. The molecule has 1 atom stereocenters. The predicted octanol–water partition coefficient (Wildman–Crippen LogP) is 2.85. The fourth-order valence-corrected chi connectivity index (χ4v) is 3.12.